The number of nitrogens with zero attached hydrogens (tertiary/aromatic N) is 2. The van der Waals surface area contributed by atoms with Crippen molar-refractivity contribution < 1.29 is 4.74 Å². The van der Waals surface area contributed by atoms with Crippen molar-refractivity contribution in [2.45, 2.75) is 45.0 Å². The topological polar surface area (TPSA) is 27.1 Å². The molecule has 0 saturated heterocycles. The van der Waals surface area contributed by atoms with Crippen molar-refractivity contribution in [2.75, 3.05) is 7.11 Å². The van der Waals surface area contributed by atoms with E-state index in [2.05, 4.69) is 36.4 Å². The molecule has 0 aliphatic heterocycles. The van der Waals surface area contributed by atoms with Crippen LogP contribution in [-0.2, 0) is 11.4 Å². The van der Waals surface area contributed by atoms with Gasteiger partial charge in [-0.15, -0.1) is 11.6 Å². The molecular formula is C15H21ClN2O. The quantitative estimate of drug-likeness (QED) is 0.763. The van der Waals surface area contributed by atoms with Crippen LogP contribution in [0.2, 0.25) is 0 Å². The van der Waals surface area contributed by atoms with E-state index in [1.807, 2.05) is 12.1 Å². The van der Waals surface area contributed by atoms with E-state index in [4.69, 9.17) is 16.3 Å². The van der Waals surface area contributed by atoms with Gasteiger partial charge in [0.15, 0.2) is 0 Å². The van der Waals surface area contributed by atoms with Crippen LogP contribution in [0.5, 0.6) is 5.75 Å². The van der Waals surface area contributed by atoms with Crippen LogP contribution >= 0.6 is 11.6 Å². The molecule has 3 nitrogen and oxygen atoms in total. The molecule has 1 heterocycles. The molecule has 0 unspecified atom stereocenters. The van der Waals surface area contributed by atoms with Crippen LogP contribution in [-0.4, -0.2) is 16.7 Å². The van der Waals surface area contributed by atoms with Gasteiger partial charge >= 0.3 is 0 Å². The van der Waals surface area contributed by atoms with E-state index in [1.165, 1.54) is 0 Å². The van der Waals surface area contributed by atoms with Crippen molar-refractivity contribution in [3.63, 3.8) is 0 Å². The van der Waals surface area contributed by atoms with Crippen molar-refractivity contribution >= 4 is 22.6 Å². The minimum Gasteiger partial charge on any atom is -0.494 e. The van der Waals surface area contributed by atoms with E-state index in [1.54, 1.807) is 7.11 Å². The Hall–Kier alpha value is -1.22. The van der Waals surface area contributed by atoms with Gasteiger partial charge in [-0.25, -0.2) is 4.98 Å². The summed E-state index contributed by atoms with van der Waals surface area (Å²) in [5.74, 6) is 2.12. The van der Waals surface area contributed by atoms with Crippen LogP contribution < -0.4 is 4.74 Å². The van der Waals surface area contributed by atoms with Gasteiger partial charge in [0.05, 0.1) is 18.5 Å². The first-order valence-electron chi connectivity index (χ1n) is 6.72. The SMILES string of the molecule is CCC(C)(CC)n1c(CCl)nc2c(OC)cccc21. The van der Waals surface area contributed by atoms with Gasteiger partial charge in [0, 0.05) is 5.54 Å². The third-order valence-electron chi connectivity index (χ3n) is 4.12. The molecule has 1 aromatic heterocycles. The van der Waals surface area contributed by atoms with E-state index in [9.17, 15) is 0 Å². The molecule has 1 aromatic carbocycles. The van der Waals surface area contributed by atoms with Gasteiger partial charge in [-0.05, 0) is 31.9 Å². The number of ether oxygens (including phenoxy) is 1. The van der Waals surface area contributed by atoms with Crippen LogP contribution in [0.1, 0.15) is 39.4 Å². The predicted molar refractivity (Wildman–Crippen MR) is 80.1 cm³/mol. The van der Waals surface area contributed by atoms with E-state index in [-0.39, 0.29) is 5.54 Å². The van der Waals surface area contributed by atoms with Gasteiger partial charge in [0.25, 0.3) is 0 Å². The Labute approximate surface area is 119 Å². The molecule has 0 N–H and O–H groups in total. The lowest BCUT2D eigenvalue weighted by molar-refractivity contribution is 0.296. The molecule has 4 heteroatoms. The maximum absolute atomic E-state index is 6.09. The van der Waals surface area contributed by atoms with Gasteiger partial charge < -0.3 is 9.30 Å². The van der Waals surface area contributed by atoms with Gasteiger partial charge in [0.2, 0.25) is 0 Å². The molecule has 2 rings (SSSR count). The average molecular weight is 281 g/mol. The summed E-state index contributed by atoms with van der Waals surface area (Å²) in [6, 6.07) is 6.03. The summed E-state index contributed by atoms with van der Waals surface area (Å²) in [6.07, 6.45) is 2.08. The van der Waals surface area contributed by atoms with Crippen LogP contribution in [0.3, 0.4) is 0 Å². The van der Waals surface area contributed by atoms with Crippen molar-refractivity contribution in [3.05, 3.63) is 24.0 Å². The number of benzene rings is 1. The first kappa shape index (κ1) is 14.2. The van der Waals surface area contributed by atoms with E-state index in [0.29, 0.717) is 5.88 Å². The number of aromatic nitrogens is 2. The summed E-state index contributed by atoms with van der Waals surface area (Å²) in [6.45, 7) is 6.66. The highest BCUT2D eigenvalue weighted by atomic mass is 35.5. The smallest absolute Gasteiger partial charge is 0.146 e. The Bertz CT molecular complexity index is 573. The maximum Gasteiger partial charge on any atom is 0.146 e. The fraction of sp³-hybridized carbons (Fsp3) is 0.533. The summed E-state index contributed by atoms with van der Waals surface area (Å²) in [5.41, 5.74) is 2.03. The molecule has 0 saturated carbocycles. The molecule has 0 amide bonds. The van der Waals surface area contributed by atoms with Gasteiger partial charge in [-0.1, -0.05) is 19.9 Å². The minimum atomic E-state index is 0.0331. The standard InChI is InChI=1S/C15H21ClN2O/c1-5-15(3,6-2)18-11-8-7-9-12(19-4)14(11)17-13(18)10-16/h7-9H,5-6,10H2,1-4H3. The van der Waals surface area contributed by atoms with E-state index < -0.39 is 0 Å². The average Bonchev–Trinajstić information content (AvgIpc) is 2.85. The number of hydrogen-bond donors (Lipinski definition) is 0. The summed E-state index contributed by atoms with van der Waals surface area (Å²) in [4.78, 5) is 4.67. The zero-order chi connectivity index (χ0) is 14.0. The monoisotopic (exact) mass is 280 g/mol. The largest absolute Gasteiger partial charge is 0.494 e. The lowest BCUT2D eigenvalue weighted by Crippen LogP contribution is -2.29. The highest BCUT2D eigenvalue weighted by molar-refractivity contribution is 6.16. The number of para-hydroxylation sites is 1. The lowest BCUT2D eigenvalue weighted by Gasteiger charge is -2.31. The van der Waals surface area contributed by atoms with Crippen LogP contribution in [0.25, 0.3) is 11.0 Å². The predicted octanol–water partition coefficient (Wildman–Crippen LogP) is 4.32. The number of rotatable bonds is 5. The molecule has 0 aliphatic rings. The number of methoxy groups -OCH3 is 1. The normalized spacial score (nSPS) is 12.1. The van der Waals surface area contributed by atoms with E-state index >= 15 is 0 Å². The third kappa shape index (κ3) is 2.20. The highest BCUT2D eigenvalue weighted by Crippen LogP contribution is 2.34. The molecule has 0 atom stereocenters. The Balaban J connectivity index is 2.78. The summed E-state index contributed by atoms with van der Waals surface area (Å²) in [7, 11) is 1.67. The van der Waals surface area contributed by atoms with Crippen LogP contribution in [0.15, 0.2) is 18.2 Å². The molecule has 0 fully saturated rings. The van der Waals surface area contributed by atoms with Gasteiger partial charge in [0.1, 0.15) is 17.1 Å². The zero-order valence-electron chi connectivity index (χ0n) is 12.0. The molecular weight excluding hydrogens is 260 g/mol. The van der Waals surface area contributed by atoms with Crippen molar-refractivity contribution in [3.8, 4) is 5.75 Å². The second kappa shape index (κ2) is 5.41. The second-order valence-corrected chi connectivity index (χ2v) is 5.30. The van der Waals surface area contributed by atoms with Crippen molar-refractivity contribution in [2.24, 2.45) is 0 Å². The second-order valence-electron chi connectivity index (χ2n) is 5.03. The lowest BCUT2D eigenvalue weighted by atomic mass is 9.94. The zero-order valence-corrected chi connectivity index (χ0v) is 12.8. The number of alkyl halides is 1. The molecule has 0 radical (unpaired) electrons. The Morgan fingerprint density at radius 1 is 1.32 bits per heavy atom. The molecule has 19 heavy (non-hydrogen) atoms. The summed E-state index contributed by atoms with van der Waals surface area (Å²) < 4.78 is 7.68. The highest BCUT2D eigenvalue weighted by Gasteiger charge is 2.27. The number of fused-ring (bicyclic) bond motifs is 1. The number of hydrogen-bond acceptors (Lipinski definition) is 2. The van der Waals surface area contributed by atoms with Crippen LogP contribution in [0.4, 0.5) is 0 Å². The van der Waals surface area contributed by atoms with Gasteiger partial charge in [-0.3, -0.25) is 0 Å². The Morgan fingerprint density at radius 2 is 2.00 bits per heavy atom. The van der Waals surface area contributed by atoms with Gasteiger partial charge in [-0.2, -0.15) is 0 Å². The number of halogens is 1. The van der Waals surface area contributed by atoms with E-state index in [0.717, 1.165) is 35.4 Å². The molecule has 0 spiro atoms. The summed E-state index contributed by atoms with van der Waals surface area (Å²) in [5, 5.41) is 0. The Morgan fingerprint density at radius 3 is 2.53 bits per heavy atom. The Kier molecular flexibility index (Phi) is 4.04. The first-order valence-corrected chi connectivity index (χ1v) is 7.25. The third-order valence-corrected chi connectivity index (χ3v) is 4.36. The molecule has 0 bridgehead atoms. The molecule has 2 aromatic rings. The minimum absolute atomic E-state index is 0.0331. The first-order chi connectivity index (χ1) is 9.11. The maximum atomic E-state index is 6.09. The fourth-order valence-corrected chi connectivity index (χ4v) is 2.72. The van der Waals surface area contributed by atoms with Crippen molar-refractivity contribution in [1.29, 1.82) is 0 Å². The number of imidazole rings is 1. The molecule has 0 aliphatic carbocycles. The van der Waals surface area contributed by atoms with Crippen LogP contribution in [0, 0.1) is 0 Å². The van der Waals surface area contributed by atoms with Crippen molar-refractivity contribution in [1.82, 2.24) is 9.55 Å². The molecule has 104 valence electrons. The summed E-state index contributed by atoms with van der Waals surface area (Å²) >= 11 is 6.09. The fourth-order valence-electron chi connectivity index (χ4n) is 2.54.